The molecule has 2 atom stereocenters. The quantitative estimate of drug-likeness (QED) is 0.136. The fourth-order valence-electron chi connectivity index (χ4n) is 3.46. The fraction of sp³-hybridized carbons (Fsp3) is 0.444. The molecule has 0 bridgehead atoms. The molecule has 4 amide bonds. The summed E-state index contributed by atoms with van der Waals surface area (Å²) >= 11 is 0. The Bertz CT molecular complexity index is 1090. The van der Waals surface area contributed by atoms with Gasteiger partial charge < -0.3 is 32.2 Å². The molecular formula is C27H38N6O5S2. The maximum atomic E-state index is 13.0. The Hall–Kier alpha value is -3.29. The largest absolute Gasteiger partial charge is 0.445 e. The summed E-state index contributed by atoms with van der Waals surface area (Å²) in [5, 5.41) is 8.94. The molecule has 218 valence electrons. The van der Waals surface area contributed by atoms with Gasteiger partial charge in [-0.3, -0.25) is 9.59 Å². The van der Waals surface area contributed by atoms with Crippen LogP contribution in [0.1, 0.15) is 38.7 Å². The topological polar surface area (TPSA) is 179 Å². The van der Waals surface area contributed by atoms with Crippen molar-refractivity contribution < 1.29 is 23.9 Å². The number of benzene rings is 1. The average Bonchev–Trinajstić information content (AvgIpc) is 2.93. The number of nitrogens with zero attached hydrogens (tertiary/aromatic N) is 1. The molecule has 11 nitrogen and oxygen atoms in total. The minimum Gasteiger partial charge on any atom is -0.445 e. The molecule has 0 saturated carbocycles. The number of rotatable bonds is 17. The number of ether oxygens (including phenoxy) is 1. The van der Waals surface area contributed by atoms with E-state index in [9.17, 15) is 19.2 Å². The Kier molecular flexibility index (Phi) is 14.9. The summed E-state index contributed by atoms with van der Waals surface area (Å²) in [5.74, 6) is -0.457. The Labute approximate surface area is 242 Å². The van der Waals surface area contributed by atoms with Crippen molar-refractivity contribution in [1.82, 2.24) is 15.6 Å². The molecule has 1 aromatic carbocycles. The molecule has 2 rings (SSSR count). The van der Waals surface area contributed by atoms with Crippen molar-refractivity contribution in [2.45, 2.75) is 50.8 Å². The van der Waals surface area contributed by atoms with E-state index >= 15 is 0 Å². The van der Waals surface area contributed by atoms with Crippen molar-refractivity contribution in [3.8, 4) is 0 Å². The van der Waals surface area contributed by atoms with Gasteiger partial charge in [0.25, 0.3) is 0 Å². The Morgan fingerprint density at radius 1 is 1.02 bits per heavy atom. The number of urea groups is 1. The van der Waals surface area contributed by atoms with E-state index < -0.39 is 24.1 Å². The Balaban J connectivity index is 1.78. The van der Waals surface area contributed by atoms with Crippen LogP contribution >= 0.6 is 21.6 Å². The summed E-state index contributed by atoms with van der Waals surface area (Å²) in [6, 6.07) is 11.3. The highest BCUT2D eigenvalue weighted by Crippen LogP contribution is 2.28. The van der Waals surface area contributed by atoms with Gasteiger partial charge in [0.2, 0.25) is 5.91 Å². The third kappa shape index (κ3) is 13.2. The number of Topliss-reactive ketones (excluding diaryl/α,β-unsaturated/α-hetero) is 1. The molecule has 7 N–H and O–H groups in total. The average molecular weight is 591 g/mol. The number of aromatic nitrogens is 1. The second kappa shape index (κ2) is 18.1. The van der Waals surface area contributed by atoms with Gasteiger partial charge in [-0.15, -0.1) is 0 Å². The van der Waals surface area contributed by atoms with Crippen molar-refractivity contribution in [2.75, 3.05) is 24.2 Å². The summed E-state index contributed by atoms with van der Waals surface area (Å²) in [5.41, 5.74) is 12.4. The second-order valence-corrected chi connectivity index (χ2v) is 11.8. The van der Waals surface area contributed by atoms with Crippen molar-refractivity contribution in [2.24, 2.45) is 23.3 Å². The van der Waals surface area contributed by atoms with Gasteiger partial charge in [0.15, 0.2) is 5.78 Å². The maximum Gasteiger partial charge on any atom is 0.407 e. The normalized spacial score (nSPS) is 12.3. The van der Waals surface area contributed by atoms with E-state index in [2.05, 4.69) is 20.9 Å². The number of ketones is 1. The molecule has 0 aliphatic rings. The maximum absolute atomic E-state index is 13.0. The van der Waals surface area contributed by atoms with Gasteiger partial charge in [0.05, 0.1) is 6.04 Å². The van der Waals surface area contributed by atoms with Gasteiger partial charge in [-0.05, 0) is 59.4 Å². The molecule has 0 spiro atoms. The zero-order valence-electron chi connectivity index (χ0n) is 22.8. The predicted molar refractivity (Wildman–Crippen MR) is 159 cm³/mol. The minimum atomic E-state index is -0.653. The fourth-order valence-corrected chi connectivity index (χ4v) is 5.24. The lowest BCUT2D eigenvalue weighted by Gasteiger charge is -2.20. The third-order valence-electron chi connectivity index (χ3n) is 5.77. The molecule has 0 radical (unpaired) electrons. The summed E-state index contributed by atoms with van der Waals surface area (Å²) in [6.45, 7) is 4.54. The van der Waals surface area contributed by atoms with Crippen LogP contribution in [0.4, 0.5) is 15.3 Å². The minimum absolute atomic E-state index is 0.00310. The smallest absolute Gasteiger partial charge is 0.407 e. The molecule has 0 unspecified atom stereocenters. The first-order valence-corrected chi connectivity index (χ1v) is 15.3. The number of anilines is 1. The molecule has 0 saturated heterocycles. The van der Waals surface area contributed by atoms with Crippen LogP contribution in [0.5, 0.6) is 0 Å². The van der Waals surface area contributed by atoms with E-state index in [1.165, 1.54) is 0 Å². The molecule has 0 fully saturated rings. The molecule has 2 aromatic rings. The van der Waals surface area contributed by atoms with Crippen molar-refractivity contribution in [3.63, 3.8) is 0 Å². The van der Waals surface area contributed by atoms with Crippen LogP contribution in [-0.2, 0) is 20.9 Å². The molecule has 40 heavy (non-hydrogen) atoms. The van der Waals surface area contributed by atoms with E-state index in [-0.39, 0.29) is 30.6 Å². The number of pyridine rings is 1. The van der Waals surface area contributed by atoms with Crippen LogP contribution in [0.25, 0.3) is 0 Å². The first kappa shape index (κ1) is 32.9. The van der Waals surface area contributed by atoms with E-state index in [0.717, 1.165) is 10.6 Å². The lowest BCUT2D eigenvalue weighted by atomic mass is 9.90. The second-order valence-electron chi connectivity index (χ2n) is 9.33. The third-order valence-corrected chi connectivity index (χ3v) is 8.03. The van der Waals surface area contributed by atoms with Crippen LogP contribution in [0, 0.1) is 11.8 Å². The first-order valence-electron chi connectivity index (χ1n) is 13.0. The zero-order chi connectivity index (χ0) is 29.3. The zero-order valence-corrected chi connectivity index (χ0v) is 24.4. The molecule has 0 aliphatic carbocycles. The Morgan fingerprint density at radius 3 is 2.42 bits per heavy atom. The number of hydrogen-bond donors (Lipinski definition) is 5. The highest BCUT2D eigenvalue weighted by atomic mass is 33.1. The van der Waals surface area contributed by atoms with E-state index in [0.29, 0.717) is 37.4 Å². The van der Waals surface area contributed by atoms with Gasteiger partial charge in [-0.25, -0.2) is 14.6 Å². The number of carbonyl (C=O) groups is 4. The number of nitrogens with two attached hydrogens (primary N) is 2. The van der Waals surface area contributed by atoms with Crippen molar-refractivity contribution >= 4 is 51.1 Å². The van der Waals surface area contributed by atoms with Crippen LogP contribution in [0.15, 0.2) is 53.7 Å². The number of carbonyl (C=O) groups excluding carboxylic acids is 4. The first-order chi connectivity index (χ1) is 19.2. The number of hydrogen-bond acceptors (Lipinski definition) is 9. The highest BCUT2D eigenvalue weighted by Gasteiger charge is 2.26. The summed E-state index contributed by atoms with van der Waals surface area (Å²) in [4.78, 5) is 52.7. The standard InChI is InChI=1S/C27H38N6O5S2/c1-18(2)24(28)22(34)16-20(6-5-13-31-26(29)36)25(35)33-21-10-8-19(9-11-21)17-38-27(37)32-14-15-39-40-23-7-3-4-12-30-23/h3-4,7-12,18,20,24H,5-6,13-17,28H2,1-2H3,(H,32,37)(H,33,35)(H3,29,31,36)/t20-,24+/m1/s1. The van der Waals surface area contributed by atoms with E-state index in [1.54, 1.807) is 52.1 Å². The number of amides is 4. The predicted octanol–water partition coefficient (Wildman–Crippen LogP) is 3.69. The van der Waals surface area contributed by atoms with Gasteiger partial charge >= 0.3 is 12.1 Å². The van der Waals surface area contributed by atoms with Crippen LogP contribution < -0.4 is 27.4 Å². The lowest BCUT2D eigenvalue weighted by Crippen LogP contribution is -2.38. The number of alkyl carbamates (subject to hydrolysis) is 1. The van der Waals surface area contributed by atoms with Crippen LogP contribution in [-0.4, -0.2) is 53.7 Å². The molecule has 13 heteroatoms. The van der Waals surface area contributed by atoms with E-state index in [1.807, 2.05) is 32.0 Å². The van der Waals surface area contributed by atoms with Crippen LogP contribution in [0.3, 0.4) is 0 Å². The highest BCUT2D eigenvalue weighted by molar-refractivity contribution is 8.76. The molecule has 1 heterocycles. The SMILES string of the molecule is CC(C)[C@H](N)C(=O)C[C@@H](CCCNC(N)=O)C(=O)Nc1ccc(COC(=O)NCCSSc2ccccn2)cc1. The van der Waals surface area contributed by atoms with Gasteiger partial charge in [0.1, 0.15) is 11.6 Å². The molecule has 0 aliphatic heterocycles. The Morgan fingerprint density at radius 2 is 1.77 bits per heavy atom. The molecule has 1 aromatic heterocycles. The van der Waals surface area contributed by atoms with Gasteiger partial charge in [-0.1, -0.05) is 42.8 Å². The molecular weight excluding hydrogens is 552 g/mol. The van der Waals surface area contributed by atoms with Crippen LogP contribution in [0.2, 0.25) is 0 Å². The monoisotopic (exact) mass is 590 g/mol. The lowest BCUT2D eigenvalue weighted by molar-refractivity contribution is -0.127. The number of primary amides is 1. The van der Waals surface area contributed by atoms with Crippen molar-refractivity contribution in [1.29, 1.82) is 0 Å². The van der Waals surface area contributed by atoms with E-state index in [4.69, 9.17) is 16.2 Å². The summed E-state index contributed by atoms with van der Waals surface area (Å²) in [7, 11) is 3.13. The number of nitrogens with one attached hydrogen (secondary N) is 3. The summed E-state index contributed by atoms with van der Waals surface area (Å²) in [6.07, 6.45) is 2.08. The van der Waals surface area contributed by atoms with Crippen molar-refractivity contribution in [3.05, 3.63) is 54.2 Å². The van der Waals surface area contributed by atoms with Gasteiger partial charge in [0, 0.05) is 43.1 Å². The van der Waals surface area contributed by atoms with Gasteiger partial charge in [-0.2, -0.15) is 0 Å². The summed E-state index contributed by atoms with van der Waals surface area (Å²) < 4.78 is 5.26.